The molecule has 0 saturated carbocycles. The maximum atomic E-state index is 11.7. The Labute approximate surface area is 134 Å². The van der Waals surface area contributed by atoms with E-state index in [1.807, 2.05) is 0 Å². The number of ether oxygens (including phenoxy) is 2. The van der Waals surface area contributed by atoms with Crippen molar-refractivity contribution in [1.29, 1.82) is 0 Å². The number of anilines is 1. The molecule has 6 heteroatoms. The minimum absolute atomic E-state index is 0.134. The predicted octanol–water partition coefficient (Wildman–Crippen LogP) is 2.20. The van der Waals surface area contributed by atoms with E-state index in [1.54, 1.807) is 48.8 Å². The summed E-state index contributed by atoms with van der Waals surface area (Å²) in [5.41, 5.74) is 1.51. The monoisotopic (exact) mass is 314 g/mol. The van der Waals surface area contributed by atoms with E-state index in [0.717, 1.165) is 5.56 Å². The Hall–Kier alpha value is -2.89. The summed E-state index contributed by atoms with van der Waals surface area (Å²) < 4.78 is 10.5. The summed E-state index contributed by atoms with van der Waals surface area (Å²) in [6, 6.07) is 10.6. The molecule has 0 aliphatic carbocycles. The van der Waals surface area contributed by atoms with Gasteiger partial charge in [0.15, 0.2) is 0 Å². The lowest BCUT2D eigenvalue weighted by molar-refractivity contribution is -0.143. The normalized spacial score (nSPS) is 9.96. The number of hydrogen-bond acceptors (Lipinski definition) is 5. The highest BCUT2D eigenvalue weighted by molar-refractivity contribution is 5.88. The Morgan fingerprint density at radius 2 is 1.91 bits per heavy atom. The van der Waals surface area contributed by atoms with E-state index < -0.39 is 0 Å². The maximum Gasteiger partial charge on any atom is 0.310 e. The molecule has 1 aromatic heterocycles. The fraction of sp³-hybridized carbons (Fsp3) is 0.235. The van der Waals surface area contributed by atoms with Gasteiger partial charge in [0.2, 0.25) is 5.91 Å². The van der Waals surface area contributed by atoms with E-state index in [-0.39, 0.29) is 31.5 Å². The molecule has 1 N–H and O–H groups in total. The highest BCUT2D eigenvalue weighted by Crippen LogP contribution is 2.10. The summed E-state index contributed by atoms with van der Waals surface area (Å²) in [5.74, 6) is 0.176. The number of esters is 1. The van der Waals surface area contributed by atoms with Crippen molar-refractivity contribution >= 4 is 17.6 Å². The fourth-order valence-electron chi connectivity index (χ4n) is 1.87. The highest BCUT2D eigenvalue weighted by atomic mass is 16.6. The molecule has 0 saturated heterocycles. The van der Waals surface area contributed by atoms with Crippen molar-refractivity contribution in [3.63, 3.8) is 0 Å². The molecule has 0 aliphatic heterocycles. The third-order valence-corrected chi connectivity index (χ3v) is 2.87. The zero-order valence-electron chi connectivity index (χ0n) is 12.8. The molecule has 0 radical (unpaired) electrons. The van der Waals surface area contributed by atoms with Crippen molar-refractivity contribution in [2.24, 2.45) is 0 Å². The number of benzene rings is 1. The first-order chi connectivity index (χ1) is 11.1. The molecule has 1 aromatic carbocycles. The third kappa shape index (κ3) is 6.17. The number of rotatable bonds is 7. The zero-order valence-corrected chi connectivity index (χ0v) is 12.8. The van der Waals surface area contributed by atoms with E-state index in [2.05, 4.69) is 10.3 Å². The van der Waals surface area contributed by atoms with Crippen LogP contribution in [0.4, 0.5) is 5.69 Å². The number of hydrogen-bond donors (Lipinski definition) is 1. The maximum absolute atomic E-state index is 11.7. The van der Waals surface area contributed by atoms with Crippen LogP contribution in [0, 0.1) is 0 Å². The summed E-state index contributed by atoms with van der Waals surface area (Å²) >= 11 is 0. The molecule has 6 nitrogen and oxygen atoms in total. The standard InChI is InChI=1S/C17H18N2O4/c1-13(20)19-15-6-4-14(5-7-15)11-17(21)23-10-9-22-16-3-2-8-18-12-16/h2-8,12H,9-11H2,1H3,(H,19,20). The van der Waals surface area contributed by atoms with E-state index >= 15 is 0 Å². The SMILES string of the molecule is CC(=O)Nc1ccc(CC(=O)OCCOc2cccnc2)cc1. The summed E-state index contributed by atoms with van der Waals surface area (Å²) in [6.07, 6.45) is 3.43. The minimum atomic E-state index is -0.327. The van der Waals surface area contributed by atoms with Crippen LogP contribution in [0.1, 0.15) is 12.5 Å². The van der Waals surface area contributed by atoms with Crippen molar-refractivity contribution in [3.8, 4) is 5.75 Å². The molecule has 0 atom stereocenters. The number of amides is 1. The van der Waals surface area contributed by atoms with Crippen LogP contribution in [-0.2, 0) is 20.7 Å². The van der Waals surface area contributed by atoms with E-state index in [1.165, 1.54) is 6.92 Å². The Bertz CT molecular complexity index is 641. The van der Waals surface area contributed by atoms with Gasteiger partial charge in [-0.3, -0.25) is 14.6 Å². The molecule has 2 aromatic rings. The van der Waals surface area contributed by atoms with Gasteiger partial charge >= 0.3 is 5.97 Å². The molecule has 1 amide bonds. The first kappa shape index (κ1) is 16.5. The third-order valence-electron chi connectivity index (χ3n) is 2.87. The van der Waals surface area contributed by atoms with Crippen LogP contribution in [0.15, 0.2) is 48.8 Å². The van der Waals surface area contributed by atoms with Gasteiger partial charge in [0.05, 0.1) is 12.6 Å². The Morgan fingerprint density at radius 1 is 1.13 bits per heavy atom. The number of nitrogens with zero attached hydrogens (tertiary/aromatic N) is 1. The van der Waals surface area contributed by atoms with E-state index in [4.69, 9.17) is 9.47 Å². The molecule has 0 bridgehead atoms. The topological polar surface area (TPSA) is 77.5 Å². The molecule has 0 unspecified atom stereocenters. The zero-order chi connectivity index (χ0) is 16.5. The molecule has 0 aliphatic rings. The van der Waals surface area contributed by atoms with Crippen molar-refractivity contribution in [3.05, 3.63) is 54.4 Å². The lowest BCUT2D eigenvalue weighted by atomic mass is 10.1. The van der Waals surface area contributed by atoms with Gasteiger partial charge < -0.3 is 14.8 Å². The van der Waals surface area contributed by atoms with Gasteiger partial charge in [-0.05, 0) is 29.8 Å². The fourth-order valence-corrected chi connectivity index (χ4v) is 1.87. The number of pyridine rings is 1. The van der Waals surface area contributed by atoms with Gasteiger partial charge in [0, 0.05) is 18.8 Å². The van der Waals surface area contributed by atoms with Crippen LogP contribution in [-0.4, -0.2) is 30.1 Å². The average Bonchev–Trinajstić information content (AvgIpc) is 2.54. The van der Waals surface area contributed by atoms with Crippen molar-refractivity contribution in [2.45, 2.75) is 13.3 Å². The summed E-state index contributed by atoms with van der Waals surface area (Å²) in [6.45, 7) is 1.90. The van der Waals surface area contributed by atoms with Crippen molar-refractivity contribution in [2.75, 3.05) is 18.5 Å². The second-order valence-corrected chi connectivity index (χ2v) is 4.81. The van der Waals surface area contributed by atoms with Crippen LogP contribution < -0.4 is 10.1 Å². The summed E-state index contributed by atoms with van der Waals surface area (Å²) in [7, 11) is 0. The van der Waals surface area contributed by atoms with Gasteiger partial charge in [-0.15, -0.1) is 0 Å². The number of carbonyl (C=O) groups is 2. The smallest absolute Gasteiger partial charge is 0.310 e. The molecular weight excluding hydrogens is 296 g/mol. The van der Waals surface area contributed by atoms with E-state index in [9.17, 15) is 9.59 Å². The van der Waals surface area contributed by atoms with Crippen molar-refractivity contribution < 1.29 is 19.1 Å². The number of aromatic nitrogens is 1. The molecular formula is C17H18N2O4. The molecule has 0 spiro atoms. The first-order valence-electron chi connectivity index (χ1n) is 7.18. The summed E-state index contributed by atoms with van der Waals surface area (Å²) in [5, 5.41) is 2.67. The summed E-state index contributed by atoms with van der Waals surface area (Å²) in [4.78, 5) is 26.6. The van der Waals surface area contributed by atoms with Gasteiger partial charge in [-0.2, -0.15) is 0 Å². The van der Waals surface area contributed by atoms with Crippen LogP contribution in [0.25, 0.3) is 0 Å². The number of nitrogens with one attached hydrogen (secondary N) is 1. The minimum Gasteiger partial charge on any atom is -0.488 e. The van der Waals surface area contributed by atoms with Gasteiger partial charge in [-0.1, -0.05) is 12.1 Å². The van der Waals surface area contributed by atoms with Crippen LogP contribution >= 0.6 is 0 Å². The molecule has 1 heterocycles. The molecule has 120 valence electrons. The largest absolute Gasteiger partial charge is 0.488 e. The Morgan fingerprint density at radius 3 is 2.57 bits per heavy atom. The van der Waals surface area contributed by atoms with Gasteiger partial charge in [0.1, 0.15) is 19.0 Å². The van der Waals surface area contributed by atoms with Crippen LogP contribution in [0.5, 0.6) is 5.75 Å². The van der Waals surface area contributed by atoms with Crippen molar-refractivity contribution in [1.82, 2.24) is 4.98 Å². The second-order valence-electron chi connectivity index (χ2n) is 4.81. The Balaban J connectivity index is 1.69. The van der Waals surface area contributed by atoms with Gasteiger partial charge in [-0.25, -0.2) is 0 Å². The number of carbonyl (C=O) groups excluding carboxylic acids is 2. The molecule has 0 fully saturated rings. The second kappa shape index (κ2) is 8.53. The van der Waals surface area contributed by atoms with Gasteiger partial charge in [0.25, 0.3) is 0 Å². The quantitative estimate of drug-likeness (QED) is 0.626. The lowest BCUT2D eigenvalue weighted by Gasteiger charge is -2.07. The lowest BCUT2D eigenvalue weighted by Crippen LogP contribution is -2.14. The van der Waals surface area contributed by atoms with Crippen LogP contribution in [0.2, 0.25) is 0 Å². The van der Waals surface area contributed by atoms with E-state index in [0.29, 0.717) is 11.4 Å². The van der Waals surface area contributed by atoms with Crippen LogP contribution in [0.3, 0.4) is 0 Å². The average molecular weight is 314 g/mol. The first-order valence-corrected chi connectivity index (χ1v) is 7.18. The highest BCUT2D eigenvalue weighted by Gasteiger charge is 2.05. The molecule has 2 rings (SSSR count). The Kier molecular flexibility index (Phi) is 6.11. The predicted molar refractivity (Wildman–Crippen MR) is 85.1 cm³/mol. The molecule has 23 heavy (non-hydrogen) atoms.